The lowest BCUT2D eigenvalue weighted by atomic mass is 10.1. The van der Waals surface area contributed by atoms with E-state index in [4.69, 9.17) is 5.11 Å². The number of likely N-dealkylation sites (tertiary alicyclic amines) is 1. The smallest absolute Gasteiger partial charge is 0.248 e. The number of hydrogen-bond acceptors (Lipinski definition) is 3. The highest BCUT2D eigenvalue weighted by Crippen LogP contribution is 2.10. The first kappa shape index (κ1) is 14.5. The Labute approximate surface area is 118 Å². The van der Waals surface area contributed by atoms with Crippen molar-refractivity contribution in [3.63, 3.8) is 0 Å². The number of carbonyl (C=O) groups excluding carboxylic acids is 2. The lowest BCUT2D eigenvalue weighted by molar-refractivity contribution is -0.133. The highest BCUT2D eigenvalue weighted by atomic mass is 16.3. The molecule has 20 heavy (non-hydrogen) atoms. The number of hydrogen-bond donors (Lipinski definition) is 2. The summed E-state index contributed by atoms with van der Waals surface area (Å²) in [5, 5.41) is 11.7. The molecule has 1 fully saturated rings. The van der Waals surface area contributed by atoms with Crippen LogP contribution in [0.25, 0.3) is 0 Å². The molecule has 2 rings (SSSR count). The van der Waals surface area contributed by atoms with E-state index in [2.05, 4.69) is 5.32 Å². The van der Waals surface area contributed by atoms with Gasteiger partial charge in [0, 0.05) is 25.6 Å². The van der Waals surface area contributed by atoms with Crippen molar-refractivity contribution in [1.29, 1.82) is 0 Å². The van der Waals surface area contributed by atoms with Crippen LogP contribution in [0.4, 0.5) is 0 Å². The monoisotopic (exact) mass is 276 g/mol. The van der Waals surface area contributed by atoms with E-state index in [1.807, 2.05) is 30.3 Å². The van der Waals surface area contributed by atoms with Crippen LogP contribution in [0.1, 0.15) is 18.4 Å². The molecular weight excluding hydrogens is 256 g/mol. The van der Waals surface area contributed by atoms with E-state index >= 15 is 0 Å². The molecule has 0 saturated carbocycles. The first-order valence-corrected chi connectivity index (χ1v) is 6.91. The Bertz CT molecular complexity index is 461. The van der Waals surface area contributed by atoms with Crippen molar-refractivity contribution < 1.29 is 14.7 Å². The minimum absolute atomic E-state index is 0.00812. The van der Waals surface area contributed by atoms with E-state index in [1.54, 1.807) is 4.90 Å². The third-order valence-electron chi connectivity index (χ3n) is 3.52. The second kappa shape index (κ2) is 7.05. The molecule has 1 atom stereocenters. The van der Waals surface area contributed by atoms with Crippen LogP contribution in [0.5, 0.6) is 0 Å². The average Bonchev–Trinajstić information content (AvgIpc) is 2.94. The van der Waals surface area contributed by atoms with Gasteiger partial charge in [0.05, 0.1) is 0 Å². The van der Waals surface area contributed by atoms with Gasteiger partial charge in [0.25, 0.3) is 0 Å². The molecule has 1 heterocycles. The fourth-order valence-electron chi connectivity index (χ4n) is 2.41. The fourth-order valence-corrected chi connectivity index (χ4v) is 2.41. The molecule has 1 saturated heterocycles. The highest BCUT2D eigenvalue weighted by Gasteiger charge is 2.26. The molecule has 0 radical (unpaired) electrons. The van der Waals surface area contributed by atoms with Crippen LogP contribution >= 0.6 is 0 Å². The van der Waals surface area contributed by atoms with Gasteiger partial charge in [-0.2, -0.15) is 0 Å². The second-order valence-corrected chi connectivity index (χ2v) is 5.04. The number of nitrogens with one attached hydrogen (secondary N) is 1. The van der Waals surface area contributed by atoms with Crippen molar-refractivity contribution in [3.8, 4) is 0 Å². The number of benzene rings is 1. The van der Waals surface area contributed by atoms with Crippen molar-refractivity contribution >= 4 is 11.8 Å². The topological polar surface area (TPSA) is 69.6 Å². The van der Waals surface area contributed by atoms with Gasteiger partial charge >= 0.3 is 0 Å². The van der Waals surface area contributed by atoms with Crippen LogP contribution in [0, 0.1) is 0 Å². The molecule has 1 aliphatic heterocycles. The maximum atomic E-state index is 11.9. The molecule has 0 bridgehead atoms. The van der Waals surface area contributed by atoms with Crippen molar-refractivity contribution in [2.45, 2.75) is 25.3 Å². The van der Waals surface area contributed by atoms with Gasteiger partial charge in [-0.25, -0.2) is 0 Å². The minimum Gasteiger partial charge on any atom is -0.387 e. The normalized spacial score (nSPS) is 18.1. The maximum Gasteiger partial charge on any atom is 0.248 e. The third kappa shape index (κ3) is 4.06. The lowest BCUT2D eigenvalue weighted by Crippen LogP contribution is -2.39. The number of rotatable bonds is 5. The fraction of sp³-hybridized carbons (Fsp3) is 0.467. The van der Waals surface area contributed by atoms with Gasteiger partial charge in [-0.05, 0) is 18.4 Å². The molecule has 2 N–H and O–H groups in total. The van der Waals surface area contributed by atoms with Gasteiger partial charge in [0.1, 0.15) is 6.61 Å². The Balaban J connectivity index is 1.72. The quantitative estimate of drug-likeness (QED) is 0.814. The maximum absolute atomic E-state index is 11.9. The summed E-state index contributed by atoms with van der Waals surface area (Å²) in [4.78, 5) is 24.8. The van der Waals surface area contributed by atoms with E-state index in [0.29, 0.717) is 19.5 Å². The van der Waals surface area contributed by atoms with E-state index in [9.17, 15) is 9.59 Å². The summed E-state index contributed by atoms with van der Waals surface area (Å²) in [6.45, 7) is 0.633. The molecule has 1 aromatic rings. The molecule has 1 aliphatic rings. The third-order valence-corrected chi connectivity index (χ3v) is 3.52. The van der Waals surface area contributed by atoms with Gasteiger partial charge in [-0.3, -0.25) is 9.59 Å². The Hall–Kier alpha value is -1.88. The SMILES string of the molecule is O=C(CCc1ccccc1)N[C@@H]1CCN(C(=O)CO)C1. The molecule has 1 aromatic carbocycles. The molecule has 0 aromatic heterocycles. The van der Waals surface area contributed by atoms with Crippen molar-refractivity contribution in [2.24, 2.45) is 0 Å². The predicted molar refractivity (Wildman–Crippen MR) is 75.0 cm³/mol. The second-order valence-electron chi connectivity index (χ2n) is 5.04. The number of nitrogens with zero attached hydrogens (tertiary/aromatic N) is 1. The van der Waals surface area contributed by atoms with E-state index < -0.39 is 6.61 Å². The summed E-state index contributed by atoms with van der Waals surface area (Å²) in [6.07, 6.45) is 1.93. The van der Waals surface area contributed by atoms with Gasteiger partial charge in [0.2, 0.25) is 11.8 Å². The molecule has 0 aliphatic carbocycles. The predicted octanol–water partition coefficient (Wildman–Crippen LogP) is 0.329. The van der Waals surface area contributed by atoms with Crippen LogP contribution in [0.3, 0.4) is 0 Å². The summed E-state index contributed by atoms with van der Waals surface area (Å²) in [5.41, 5.74) is 1.14. The number of aryl methyl sites for hydroxylation is 1. The number of aliphatic hydroxyl groups excluding tert-OH is 1. The van der Waals surface area contributed by atoms with E-state index in [1.165, 1.54) is 0 Å². The number of carbonyl (C=O) groups is 2. The molecule has 108 valence electrons. The van der Waals surface area contributed by atoms with Gasteiger partial charge in [0.15, 0.2) is 0 Å². The summed E-state index contributed by atoms with van der Waals surface area (Å²) >= 11 is 0. The average molecular weight is 276 g/mol. The zero-order valence-corrected chi connectivity index (χ0v) is 11.4. The largest absolute Gasteiger partial charge is 0.387 e. The van der Waals surface area contributed by atoms with Crippen molar-refractivity contribution in [2.75, 3.05) is 19.7 Å². The Morgan fingerprint density at radius 1 is 1.30 bits per heavy atom. The minimum atomic E-state index is -0.464. The Morgan fingerprint density at radius 2 is 2.05 bits per heavy atom. The number of aliphatic hydroxyl groups is 1. The van der Waals surface area contributed by atoms with Gasteiger partial charge < -0.3 is 15.3 Å². The first-order chi connectivity index (χ1) is 9.69. The summed E-state index contributed by atoms with van der Waals surface area (Å²) < 4.78 is 0. The Kier molecular flexibility index (Phi) is 5.12. The van der Waals surface area contributed by atoms with Gasteiger partial charge in [-0.15, -0.1) is 0 Å². The van der Waals surface area contributed by atoms with Gasteiger partial charge in [-0.1, -0.05) is 30.3 Å². The summed E-state index contributed by atoms with van der Waals surface area (Å²) in [5.74, 6) is -0.261. The standard InChI is InChI=1S/C15H20N2O3/c18-11-15(20)17-9-8-13(10-17)16-14(19)7-6-12-4-2-1-3-5-12/h1-5,13,18H,6-11H2,(H,16,19)/t13-/m1/s1. The van der Waals surface area contributed by atoms with Crippen LogP contribution in [-0.2, 0) is 16.0 Å². The van der Waals surface area contributed by atoms with Crippen LogP contribution in [0.15, 0.2) is 30.3 Å². The first-order valence-electron chi connectivity index (χ1n) is 6.91. The van der Waals surface area contributed by atoms with Crippen LogP contribution in [0.2, 0.25) is 0 Å². The molecule has 0 spiro atoms. The number of amides is 2. The molecule has 2 amide bonds. The molecule has 0 unspecified atom stereocenters. The van der Waals surface area contributed by atoms with E-state index in [-0.39, 0.29) is 17.9 Å². The zero-order chi connectivity index (χ0) is 14.4. The Morgan fingerprint density at radius 3 is 2.75 bits per heavy atom. The molecule has 5 nitrogen and oxygen atoms in total. The zero-order valence-electron chi connectivity index (χ0n) is 11.4. The molecule has 5 heteroatoms. The van der Waals surface area contributed by atoms with Crippen molar-refractivity contribution in [3.05, 3.63) is 35.9 Å². The lowest BCUT2D eigenvalue weighted by Gasteiger charge is -2.15. The van der Waals surface area contributed by atoms with Crippen LogP contribution < -0.4 is 5.32 Å². The highest BCUT2D eigenvalue weighted by molar-refractivity contribution is 5.78. The van der Waals surface area contributed by atoms with Crippen LogP contribution in [-0.4, -0.2) is 47.6 Å². The molecular formula is C15H20N2O3. The summed E-state index contributed by atoms with van der Waals surface area (Å²) in [7, 11) is 0. The summed E-state index contributed by atoms with van der Waals surface area (Å²) in [6, 6.07) is 9.89. The van der Waals surface area contributed by atoms with E-state index in [0.717, 1.165) is 18.4 Å². The van der Waals surface area contributed by atoms with Crippen molar-refractivity contribution in [1.82, 2.24) is 10.2 Å².